The highest BCUT2D eigenvalue weighted by Crippen LogP contribution is 2.27. The highest BCUT2D eigenvalue weighted by Gasteiger charge is 2.21. The molecule has 5 heteroatoms. The summed E-state index contributed by atoms with van der Waals surface area (Å²) in [5.74, 6) is 0.688. The second-order valence-electron chi connectivity index (χ2n) is 4.26. The van der Waals surface area contributed by atoms with E-state index in [1.165, 1.54) is 12.8 Å². The molecule has 0 atom stereocenters. The van der Waals surface area contributed by atoms with Crippen LogP contribution in [0.15, 0.2) is 18.2 Å². The zero-order valence-electron chi connectivity index (χ0n) is 9.30. The molecule has 1 aliphatic carbocycles. The van der Waals surface area contributed by atoms with E-state index in [1.54, 1.807) is 18.2 Å². The molecule has 1 aliphatic rings. The molecule has 0 unspecified atom stereocenters. The number of hydrogen-bond donors (Lipinski definition) is 2. The van der Waals surface area contributed by atoms with Crippen LogP contribution < -0.4 is 10.6 Å². The molecule has 0 aliphatic heterocycles. The van der Waals surface area contributed by atoms with Crippen molar-refractivity contribution in [2.24, 2.45) is 5.92 Å². The topological polar surface area (TPSA) is 41.1 Å². The van der Waals surface area contributed by atoms with Crippen LogP contribution in [-0.2, 0) is 4.79 Å². The van der Waals surface area contributed by atoms with E-state index in [0.29, 0.717) is 16.0 Å². The molecule has 1 aromatic rings. The minimum Gasteiger partial charge on any atom is -0.376 e. The zero-order chi connectivity index (χ0) is 12.3. The lowest BCUT2D eigenvalue weighted by Gasteiger charge is -2.08. The highest BCUT2D eigenvalue weighted by atomic mass is 35.5. The van der Waals surface area contributed by atoms with E-state index in [-0.39, 0.29) is 12.5 Å². The molecule has 1 amide bonds. The lowest BCUT2D eigenvalue weighted by atomic mass is 10.3. The Morgan fingerprint density at radius 1 is 1.24 bits per heavy atom. The van der Waals surface area contributed by atoms with Crippen molar-refractivity contribution in [2.75, 3.05) is 18.4 Å². The third-order valence-corrected chi connectivity index (χ3v) is 3.04. The lowest BCUT2D eigenvalue weighted by molar-refractivity contribution is -0.119. The maximum Gasteiger partial charge on any atom is 0.239 e. The van der Waals surface area contributed by atoms with E-state index in [4.69, 9.17) is 23.2 Å². The summed E-state index contributed by atoms with van der Waals surface area (Å²) in [6, 6.07) is 5.13. The first-order chi connectivity index (χ1) is 8.13. The summed E-state index contributed by atoms with van der Waals surface area (Å²) < 4.78 is 0. The van der Waals surface area contributed by atoms with E-state index in [0.717, 1.165) is 12.2 Å². The number of carbonyl (C=O) groups excluding carboxylic acids is 1. The predicted molar refractivity (Wildman–Crippen MR) is 70.7 cm³/mol. The van der Waals surface area contributed by atoms with Gasteiger partial charge in [0.2, 0.25) is 5.91 Å². The van der Waals surface area contributed by atoms with Crippen LogP contribution in [0.3, 0.4) is 0 Å². The molecular weight excluding hydrogens is 259 g/mol. The normalized spacial score (nSPS) is 14.5. The summed E-state index contributed by atoms with van der Waals surface area (Å²) in [7, 11) is 0. The van der Waals surface area contributed by atoms with Gasteiger partial charge in [-0.05, 0) is 37.0 Å². The van der Waals surface area contributed by atoms with Gasteiger partial charge >= 0.3 is 0 Å². The van der Waals surface area contributed by atoms with Crippen LogP contribution >= 0.6 is 23.2 Å². The molecular formula is C12H14Cl2N2O. The van der Waals surface area contributed by atoms with Crippen LogP contribution in [0.4, 0.5) is 5.69 Å². The van der Waals surface area contributed by atoms with Gasteiger partial charge in [-0.3, -0.25) is 4.79 Å². The number of amides is 1. The quantitative estimate of drug-likeness (QED) is 0.866. The highest BCUT2D eigenvalue weighted by molar-refractivity contribution is 6.35. The molecule has 17 heavy (non-hydrogen) atoms. The van der Waals surface area contributed by atoms with Gasteiger partial charge in [0, 0.05) is 22.3 Å². The van der Waals surface area contributed by atoms with Crippen molar-refractivity contribution in [3.05, 3.63) is 28.2 Å². The van der Waals surface area contributed by atoms with Crippen LogP contribution in [0, 0.1) is 5.92 Å². The molecule has 2 rings (SSSR count). The van der Waals surface area contributed by atoms with Gasteiger partial charge in [-0.2, -0.15) is 0 Å². The van der Waals surface area contributed by atoms with Crippen molar-refractivity contribution < 1.29 is 4.79 Å². The monoisotopic (exact) mass is 272 g/mol. The number of halogens is 2. The van der Waals surface area contributed by atoms with Crippen molar-refractivity contribution >= 4 is 34.8 Å². The Bertz CT molecular complexity index is 399. The average Bonchev–Trinajstić information content (AvgIpc) is 3.06. The molecule has 92 valence electrons. The van der Waals surface area contributed by atoms with E-state index in [9.17, 15) is 4.79 Å². The smallest absolute Gasteiger partial charge is 0.239 e. The predicted octanol–water partition coefficient (Wildman–Crippen LogP) is 2.93. The molecule has 1 saturated carbocycles. The van der Waals surface area contributed by atoms with E-state index >= 15 is 0 Å². The van der Waals surface area contributed by atoms with Crippen LogP contribution in [0.25, 0.3) is 0 Å². The van der Waals surface area contributed by atoms with Crippen LogP contribution in [-0.4, -0.2) is 19.0 Å². The third-order valence-electron chi connectivity index (χ3n) is 2.60. The molecule has 0 aromatic heterocycles. The summed E-state index contributed by atoms with van der Waals surface area (Å²) >= 11 is 11.7. The average molecular weight is 273 g/mol. The van der Waals surface area contributed by atoms with Crippen molar-refractivity contribution in [1.82, 2.24) is 5.32 Å². The third kappa shape index (κ3) is 4.44. The Morgan fingerprint density at radius 2 is 1.88 bits per heavy atom. The Hall–Kier alpha value is -0.930. The fourth-order valence-corrected chi connectivity index (χ4v) is 2.01. The van der Waals surface area contributed by atoms with Crippen molar-refractivity contribution in [2.45, 2.75) is 12.8 Å². The summed E-state index contributed by atoms with van der Waals surface area (Å²) in [4.78, 5) is 11.5. The van der Waals surface area contributed by atoms with Gasteiger partial charge in [0.05, 0.1) is 6.54 Å². The molecule has 2 N–H and O–H groups in total. The van der Waals surface area contributed by atoms with Crippen molar-refractivity contribution in [3.8, 4) is 0 Å². The van der Waals surface area contributed by atoms with Gasteiger partial charge < -0.3 is 10.6 Å². The SMILES string of the molecule is O=C(CNc1cc(Cl)cc(Cl)c1)NCC1CC1. The number of nitrogens with one attached hydrogen (secondary N) is 2. The van der Waals surface area contributed by atoms with E-state index < -0.39 is 0 Å². The number of rotatable bonds is 5. The fourth-order valence-electron chi connectivity index (χ4n) is 1.48. The van der Waals surface area contributed by atoms with Gasteiger partial charge in [0.1, 0.15) is 0 Å². The molecule has 0 radical (unpaired) electrons. The van der Waals surface area contributed by atoms with Gasteiger partial charge in [0.25, 0.3) is 0 Å². The van der Waals surface area contributed by atoms with Crippen molar-refractivity contribution in [3.63, 3.8) is 0 Å². The number of benzene rings is 1. The first kappa shape index (κ1) is 12.5. The zero-order valence-corrected chi connectivity index (χ0v) is 10.8. The number of anilines is 1. The Kier molecular flexibility index (Phi) is 4.13. The summed E-state index contributed by atoms with van der Waals surface area (Å²) in [6.45, 7) is 1.03. The van der Waals surface area contributed by atoms with E-state index in [1.807, 2.05) is 0 Å². The van der Waals surface area contributed by atoms with Gasteiger partial charge in [-0.25, -0.2) is 0 Å². The maximum atomic E-state index is 11.5. The van der Waals surface area contributed by atoms with Gasteiger partial charge in [-0.1, -0.05) is 23.2 Å². The van der Waals surface area contributed by atoms with Crippen LogP contribution in [0.5, 0.6) is 0 Å². The first-order valence-corrected chi connectivity index (χ1v) is 6.36. The standard InChI is InChI=1S/C12H14Cl2N2O/c13-9-3-10(14)5-11(4-9)15-7-12(17)16-6-8-1-2-8/h3-5,8,15H,1-2,6-7H2,(H,16,17). The summed E-state index contributed by atoms with van der Waals surface area (Å²) in [5, 5.41) is 6.97. The largest absolute Gasteiger partial charge is 0.376 e. The number of hydrogen-bond acceptors (Lipinski definition) is 2. The Morgan fingerprint density at radius 3 is 2.47 bits per heavy atom. The molecule has 1 fully saturated rings. The summed E-state index contributed by atoms with van der Waals surface area (Å²) in [5.41, 5.74) is 0.754. The van der Waals surface area contributed by atoms with E-state index in [2.05, 4.69) is 10.6 Å². The lowest BCUT2D eigenvalue weighted by Crippen LogP contribution is -2.31. The van der Waals surface area contributed by atoms with Crippen molar-refractivity contribution in [1.29, 1.82) is 0 Å². The number of carbonyl (C=O) groups is 1. The molecule has 0 heterocycles. The molecule has 0 bridgehead atoms. The van der Waals surface area contributed by atoms with Crippen LogP contribution in [0.2, 0.25) is 10.0 Å². The van der Waals surface area contributed by atoms with Crippen LogP contribution in [0.1, 0.15) is 12.8 Å². The second kappa shape index (κ2) is 5.61. The minimum absolute atomic E-state index is 0.00648. The Labute approximate surface area is 110 Å². The minimum atomic E-state index is -0.00648. The first-order valence-electron chi connectivity index (χ1n) is 5.60. The maximum absolute atomic E-state index is 11.5. The molecule has 1 aromatic carbocycles. The fraction of sp³-hybridized carbons (Fsp3) is 0.417. The Balaban J connectivity index is 1.77. The van der Waals surface area contributed by atoms with Gasteiger partial charge in [0.15, 0.2) is 0 Å². The summed E-state index contributed by atoms with van der Waals surface area (Å²) in [6.07, 6.45) is 2.47. The second-order valence-corrected chi connectivity index (χ2v) is 5.13. The molecule has 0 spiro atoms. The molecule has 0 saturated heterocycles. The molecule has 3 nitrogen and oxygen atoms in total. The van der Waals surface area contributed by atoms with Gasteiger partial charge in [-0.15, -0.1) is 0 Å².